The van der Waals surface area contributed by atoms with Crippen molar-refractivity contribution in [1.82, 2.24) is 4.98 Å². The van der Waals surface area contributed by atoms with Gasteiger partial charge in [-0.15, -0.1) is 24.8 Å². The number of aromatic nitrogens is 1. The van der Waals surface area contributed by atoms with Crippen molar-refractivity contribution in [1.29, 1.82) is 0 Å². The molecule has 0 aromatic carbocycles. The van der Waals surface area contributed by atoms with Gasteiger partial charge in [0.15, 0.2) is 5.75 Å². The zero-order valence-corrected chi connectivity index (χ0v) is 11.8. The summed E-state index contributed by atoms with van der Waals surface area (Å²) in [5, 5.41) is 0. The lowest BCUT2D eigenvalue weighted by atomic mass is 10.2. The molecule has 0 spiro atoms. The van der Waals surface area contributed by atoms with Gasteiger partial charge in [-0.3, -0.25) is 0 Å². The maximum absolute atomic E-state index is 12.1. The summed E-state index contributed by atoms with van der Waals surface area (Å²) in [4.78, 5) is 15.1. The molecule has 0 N–H and O–H groups in total. The molecule has 0 amide bonds. The van der Waals surface area contributed by atoms with Crippen LogP contribution < -0.4 is 4.74 Å². The minimum Gasteiger partial charge on any atom is -0.465 e. The largest absolute Gasteiger partial charge is 0.573 e. The number of esters is 1. The summed E-state index contributed by atoms with van der Waals surface area (Å²) in [6.07, 6.45) is -4.86. The number of nitrogens with zero attached hydrogens (tertiary/aromatic N) is 1. The lowest BCUT2D eigenvalue weighted by Gasteiger charge is -2.12. The number of halogens is 5. The third-order valence-corrected chi connectivity index (χ3v) is 2.81. The van der Waals surface area contributed by atoms with Gasteiger partial charge in [-0.05, 0) is 28.7 Å². The predicted molar refractivity (Wildman–Crippen MR) is 64.5 cm³/mol. The molecule has 1 aromatic heterocycles. The second-order valence-electron chi connectivity index (χ2n) is 2.94. The first-order valence-electron chi connectivity index (χ1n) is 4.38. The Labute approximate surface area is 119 Å². The molecule has 0 saturated heterocycles. The Morgan fingerprint density at radius 1 is 1.56 bits per heavy atom. The Morgan fingerprint density at radius 2 is 2.17 bits per heavy atom. The highest BCUT2D eigenvalue weighted by molar-refractivity contribution is 14.1. The number of alkyl halides is 4. The molecule has 1 heterocycles. The Kier molecular flexibility index (Phi) is 5.02. The first-order valence-corrected chi connectivity index (χ1v) is 5.99. The van der Waals surface area contributed by atoms with Gasteiger partial charge in [0.25, 0.3) is 0 Å². The number of rotatable bonds is 3. The van der Waals surface area contributed by atoms with E-state index in [-0.39, 0.29) is 20.8 Å². The first-order chi connectivity index (χ1) is 8.28. The molecule has 0 aliphatic heterocycles. The minimum atomic E-state index is -4.86. The van der Waals surface area contributed by atoms with E-state index in [0.717, 1.165) is 13.2 Å². The second kappa shape index (κ2) is 5.91. The van der Waals surface area contributed by atoms with Crippen LogP contribution in [-0.4, -0.2) is 24.4 Å². The van der Waals surface area contributed by atoms with Crippen LogP contribution >= 0.6 is 34.2 Å². The number of carbonyl (C=O) groups is 1. The van der Waals surface area contributed by atoms with Crippen molar-refractivity contribution in [3.8, 4) is 5.75 Å². The Hall–Kier alpha value is -0.770. The van der Waals surface area contributed by atoms with E-state index >= 15 is 0 Å². The van der Waals surface area contributed by atoms with Gasteiger partial charge in [0.1, 0.15) is 3.70 Å². The number of hydrogen-bond acceptors (Lipinski definition) is 4. The fourth-order valence-electron chi connectivity index (χ4n) is 1.09. The van der Waals surface area contributed by atoms with Crippen LogP contribution in [0.1, 0.15) is 16.1 Å². The van der Waals surface area contributed by atoms with Crippen LogP contribution in [0.4, 0.5) is 13.2 Å². The summed E-state index contributed by atoms with van der Waals surface area (Å²) in [7, 11) is 1.10. The number of methoxy groups -OCH3 is 1. The van der Waals surface area contributed by atoms with Crippen LogP contribution in [0.3, 0.4) is 0 Å². The molecule has 0 bridgehead atoms. The summed E-state index contributed by atoms with van der Waals surface area (Å²) in [5.41, 5.74) is -0.0328. The standard InChI is InChI=1S/C9H6ClF3INO3/c1-17-8(16)4-2-6(18-9(11,12)13)7(14)15-5(4)3-10/h2H,3H2,1H3. The van der Waals surface area contributed by atoms with Gasteiger partial charge in [-0.2, -0.15) is 0 Å². The van der Waals surface area contributed by atoms with Crippen LogP contribution in [0.15, 0.2) is 6.07 Å². The van der Waals surface area contributed by atoms with Crippen LogP contribution in [0.25, 0.3) is 0 Å². The quantitative estimate of drug-likeness (QED) is 0.342. The number of carbonyl (C=O) groups excluding carboxylic acids is 1. The second-order valence-corrected chi connectivity index (χ2v) is 4.23. The van der Waals surface area contributed by atoms with Crippen molar-refractivity contribution in [2.24, 2.45) is 0 Å². The van der Waals surface area contributed by atoms with Gasteiger partial charge in [-0.25, -0.2) is 9.78 Å². The van der Waals surface area contributed by atoms with E-state index in [2.05, 4.69) is 14.5 Å². The van der Waals surface area contributed by atoms with Crippen LogP contribution in [-0.2, 0) is 10.6 Å². The Bertz CT molecular complexity index is 467. The van der Waals surface area contributed by atoms with Gasteiger partial charge in [0, 0.05) is 0 Å². The molecule has 0 fully saturated rings. The maximum Gasteiger partial charge on any atom is 0.573 e. The molecule has 0 atom stereocenters. The fourth-order valence-corrected chi connectivity index (χ4v) is 1.85. The van der Waals surface area contributed by atoms with E-state index in [1.165, 1.54) is 0 Å². The van der Waals surface area contributed by atoms with Crippen molar-refractivity contribution in [3.05, 3.63) is 21.0 Å². The molecule has 1 aromatic rings. The Morgan fingerprint density at radius 3 is 2.61 bits per heavy atom. The molecule has 4 nitrogen and oxygen atoms in total. The highest BCUT2D eigenvalue weighted by atomic mass is 127. The molecule has 100 valence electrons. The van der Waals surface area contributed by atoms with E-state index in [1.54, 1.807) is 22.6 Å². The lowest BCUT2D eigenvalue weighted by Crippen LogP contribution is -2.19. The van der Waals surface area contributed by atoms with E-state index in [1.807, 2.05) is 0 Å². The van der Waals surface area contributed by atoms with Crippen LogP contribution in [0, 0.1) is 3.70 Å². The van der Waals surface area contributed by atoms with Crippen molar-refractivity contribution >= 4 is 40.2 Å². The molecule has 0 unspecified atom stereocenters. The van der Waals surface area contributed by atoms with Crippen molar-refractivity contribution in [2.75, 3.05) is 7.11 Å². The zero-order chi connectivity index (χ0) is 13.9. The topological polar surface area (TPSA) is 48.4 Å². The number of hydrogen-bond donors (Lipinski definition) is 0. The normalized spacial score (nSPS) is 11.2. The summed E-state index contributed by atoms with van der Waals surface area (Å²) in [5.74, 6) is -1.54. The lowest BCUT2D eigenvalue weighted by molar-refractivity contribution is -0.275. The van der Waals surface area contributed by atoms with Crippen molar-refractivity contribution in [3.63, 3.8) is 0 Å². The molecular formula is C9H6ClF3INO3. The third kappa shape index (κ3) is 3.87. The highest BCUT2D eigenvalue weighted by Crippen LogP contribution is 2.29. The predicted octanol–water partition coefficient (Wildman–Crippen LogP) is 3.11. The molecule has 0 saturated carbocycles. The van der Waals surface area contributed by atoms with Crippen molar-refractivity contribution in [2.45, 2.75) is 12.2 Å². The molecule has 1 rings (SSSR count). The van der Waals surface area contributed by atoms with Gasteiger partial charge < -0.3 is 9.47 Å². The average molecular weight is 396 g/mol. The van der Waals surface area contributed by atoms with Gasteiger partial charge in [-0.1, -0.05) is 0 Å². The third-order valence-electron chi connectivity index (χ3n) is 1.78. The van der Waals surface area contributed by atoms with E-state index in [4.69, 9.17) is 11.6 Å². The molecule has 0 radical (unpaired) electrons. The SMILES string of the molecule is COC(=O)c1cc(OC(F)(F)F)c(I)nc1CCl. The fraction of sp³-hybridized carbons (Fsp3) is 0.333. The molecule has 18 heavy (non-hydrogen) atoms. The van der Waals surface area contributed by atoms with E-state index in [9.17, 15) is 18.0 Å². The summed E-state index contributed by atoms with van der Waals surface area (Å²) in [6.45, 7) is 0. The Balaban J connectivity index is 3.25. The van der Waals surface area contributed by atoms with E-state index < -0.39 is 18.1 Å². The van der Waals surface area contributed by atoms with Gasteiger partial charge in [0.2, 0.25) is 0 Å². The summed E-state index contributed by atoms with van der Waals surface area (Å²) in [6, 6.07) is 0.909. The summed E-state index contributed by atoms with van der Waals surface area (Å²) >= 11 is 7.11. The highest BCUT2D eigenvalue weighted by Gasteiger charge is 2.33. The average Bonchev–Trinajstić information content (AvgIpc) is 2.28. The molecule has 0 aliphatic carbocycles. The van der Waals surface area contributed by atoms with Gasteiger partial charge in [0.05, 0.1) is 24.2 Å². The summed E-state index contributed by atoms with van der Waals surface area (Å²) < 4.78 is 44.5. The molecule has 9 heteroatoms. The molecular weight excluding hydrogens is 389 g/mol. The number of pyridine rings is 1. The smallest absolute Gasteiger partial charge is 0.465 e. The minimum absolute atomic E-state index is 0.0479. The molecule has 0 aliphatic rings. The maximum atomic E-state index is 12.1. The number of ether oxygens (including phenoxy) is 2. The zero-order valence-electron chi connectivity index (χ0n) is 8.85. The van der Waals surface area contributed by atoms with Crippen LogP contribution in [0.5, 0.6) is 5.75 Å². The van der Waals surface area contributed by atoms with Crippen LogP contribution in [0.2, 0.25) is 0 Å². The van der Waals surface area contributed by atoms with Gasteiger partial charge >= 0.3 is 12.3 Å². The van der Waals surface area contributed by atoms with Crippen molar-refractivity contribution < 1.29 is 27.4 Å². The monoisotopic (exact) mass is 395 g/mol. The first kappa shape index (κ1) is 15.3. The van der Waals surface area contributed by atoms with E-state index in [0.29, 0.717) is 0 Å².